The van der Waals surface area contributed by atoms with Crippen LogP contribution in [0.2, 0.25) is 5.02 Å². The SMILES string of the molecule is Cc1cc(Br)cc(Cl)c1N(C)c1c([N+](=O)[O-])cc([N+](=O)[O-])cc1C(F)(F)F. The van der Waals surface area contributed by atoms with Gasteiger partial charge in [-0.05, 0) is 24.6 Å². The Labute approximate surface area is 163 Å². The lowest BCUT2D eigenvalue weighted by Crippen LogP contribution is -2.20. The second-order valence-corrected chi connectivity index (χ2v) is 6.81. The molecule has 7 nitrogen and oxygen atoms in total. The Balaban J connectivity index is 2.90. The molecule has 0 aliphatic heterocycles. The number of rotatable bonds is 4. The predicted molar refractivity (Wildman–Crippen MR) is 96.7 cm³/mol. The Morgan fingerprint density at radius 3 is 2.11 bits per heavy atom. The summed E-state index contributed by atoms with van der Waals surface area (Å²) < 4.78 is 41.3. The van der Waals surface area contributed by atoms with E-state index < -0.39 is 38.6 Å². The molecule has 0 fully saturated rings. The van der Waals surface area contributed by atoms with E-state index in [0.717, 1.165) is 4.90 Å². The van der Waals surface area contributed by atoms with Crippen LogP contribution in [0.25, 0.3) is 0 Å². The summed E-state index contributed by atoms with van der Waals surface area (Å²) in [5.74, 6) is 0. The highest BCUT2D eigenvalue weighted by molar-refractivity contribution is 9.10. The highest BCUT2D eigenvalue weighted by Crippen LogP contribution is 2.47. The van der Waals surface area contributed by atoms with Crippen LogP contribution in [0.5, 0.6) is 0 Å². The third-order valence-corrected chi connectivity index (χ3v) is 4.42. The zero-order valence-electron chi connectivity index (χ0n) is 13.7. The number of alkyl halides is 3. The molecule has 0 saturated heterocycles. The summed E-state index contributed by atoms with van der Waals surface area (Å²) in [6, 6.07) is 3.75. The van der Waals surface area contributed by atoms with Crippen LogP contribution in [-0.4, -0.2) is 16.9 Å². The fourth-order valence-electron chi connectivity index (χ4n) is 2.65. The van der Waals surface area contributed by atoms with Gasteiger partial charge in [0.15, 0.2) is 0 Å². The first-order valence-corrected chi connectivity index (χ1v) is 8.25. The minimum absolute atomic E-state index is 0.0464. The Kier molecular flexibility index (Phi) is 5.66. The number of non-ortho nitro benzene ring substituents is 1. The molecule has 0 aromatic heterocycles. The lowest BCUT2D eigenvalue weighted by Gasteiger charge is -2.25. The standard InChI is InChI=1S/C15H10BrClF3N3O4/c1-7-3-8(16)4-11(17)13(7)21(2)14-10(15(18,19)20)5-9(22(24)25)6-12(14)23(26)27/h3-6H,1-2H3. The summed E-state index contributed by atoms with van der Waals surface area (Å²) in [7, 11) is 1.17. The van der Waals surface area contributed by atoms with Crippen molar-refractivity contribution in [2.45, 2.75) is 13.1 Å². The van der Waals surface area contributed by atoms with Crippen molar-refractivity contribution in [2.24, 2.45) is 0 Å². The summed E-state index contributed by atoms with van der Waals surface area (Å²) >= 11 is 9.32. The molecule has 27 heavy (non-hydrogen) atoms. The van der Waals surface area contributed by atoms with Crippen molar-refractivity contribution in [3.63, 3.8) is 0 Å². The van der Waals surface area contributed by atoms with Crippen molar-refractivity contribution < 1.29 is 23.0 Å². The molecule has 0 bridgehead atoms. The maximum atomic E-state index is 13.6. The van der Waals surface area contributed by atoms with Crippen LogP contribution in [-0.2, 0) is 6.18 Å². The van der Waals surface area contributed by atoms with E-state index >= 15 is 0 Å². The average Bonchev–Trinajstić information content (AvgIpc) is 2.51. The largest absolute Gasteiger partial charge is 0.418 e. The summed E-state index contributed by atoms with van der Waals surface area (Å²) in [6.07, 6.45) is -5.07. The summed E-state index contributed by atoms with van der Waals surface area (Å²) in [4.78, 5) is 21.0. The first kappa shape index (κ1) is 20.9. The normalized spacial score (nSPS) is 11.4. The molecule has 0 spiro atoms. The Bertz CT molecular complexity index is 930. The average molecular weight is 469 g/mol. The molecule has 0 radical (unpaired) electrons. The van der Waals surface area contributed by atoms with Gasteiger partial charge in [-0.3, -0.25) is 20.2 Å². The minimum atomic E-state index is -5.07. The Hall–Kier alpha value is -2.40. The van der Waals surface area contributed by atoms with E-state index in [9.17, 15) is 33.4 Å². The number of nitro benzene ring substituents is 2. The van der Waals surface area contributed by atoms with Crippen LogP contribution in [0.15, 0.2) is 28.7 Å². The highest BCUT2D eigenvalue weighted by Gasteiger charge is 2.41. The number of hydrogen-bond donors (Lipinski definition) is 0. The van der Waals surface area contributed by atoms with E-state index in [-0.39, 0.29) is 16.8 Å². The molecular weight excluding hydrogens is 459 g/mol. The van der Waals surface area contributed by atoms with Crippen LogP contribution in [0.4, 0.5) is 35.9 Å². The van der Waals surface area contributed by atoms with E-state index in [4.69, 9.17) is 11.6 Å². The lowest BCUT2D eigenvalue weighted by atomic mass is 10.1. The van der Waals surface area contributed by atoms with E-state index in [1.165, 1.54) is 13.1 Å². The van der Waals surface area contributed by atoms with E-state index in [2.05, 4.69) is 15.9 Å². The van der Waals surface area contributed by atoms with Gasteiger partial charge in [0.05, 0.1) is 32.2 Å². The van der Waals surface area contributed by atoms with Crippen molar-refractivity contribution in [1.29, 1.82) is 0 Å². The summed E-state index contributed by atoms with van der Waals surface area (Å²) in [6.45, 7) is 1.56. The maximum Gasteiger partial charge on any atom is 0.418 e. The molecule has 2 aromatic rings. The van der Waals surface area contributed by atoms with Gasteiger partial charge in [-0.25, -0.2) is 0 Å². The van der Waals surface area contributed by atoms with Crippen LogP contribution in [0.3, 0.4) is 0 Å². The molecule has 0 unspecified atom stereocenters. The second-order valence-electron chi connectivity index (χ2n) is 5.49. The topological polar surface area (TPSA) is 89.5 Å². The maximum absolute atomic E-state index is 13.6. The quantitative estimate of drug-likeness (QED) is 0.405. The molecule has 0 aliphatic rings. The van der Waals surface area contributed by atoms with Crippen molar-refractivity contribution in [3.05, 3.63) is 65.1 Å². The molecule has 0 saturated carbocycles. The molecule has 2 aromatic carbocycles. The molecular formula is C15H10BrClF3N3O4. The fourth-order valence-corrected chi connectivity index (χ4v) is 3.75. The first-order chi connectivity index (χ1) is 12.3. The summed E-state index contributed by atoms with van der Waals surface area (Å²) in [5.41, 5.74) is -3.91. The monoisotopic (exact) mass is 467 g/mol. The van der Waals surface area contributed by atoms with Gasteiger partial charge < -0.3 is 4.90 Å². The predicted octanol–water partition coefficient (Wildman–Crippen LogP) is 6.01. The van der Waals surface area contributed by atoms with Crippen molar-refractivity contribution in [2.75, 3.05) is 11.9 Å². The number of nitrogens with zero attached hydrogens (tertiary/aromatic N) is 3. The smallest absolute Gasteiger partial charge is 0.337 e. The molecule has 0 amide bonds. The van der Waals surface area contributed by atoms with Crippen LogP contribution >= 0.6 is 27.5 Å². The van der Waals surface area contributed by atoms with Crippen LogP contribution < -0.4 is 4.90 Å². The van der Waals surface area contributed by atoms with Gasteiger partial charge >= 0.3 is 6.18 Å². The fraction of sp³-hybridized carbons (Fsp3) is 0.200. The van der Waals surface area contributed by atoms with Crippen molar-refractivity contribution in [1.82, 2.24) is 0 Å². The number of nitro groups is 2. The van der Waals surface area contributed by atoms with E-state index in [0.29, 0.717) is 16.1 Å². The van der Waals surface area contributed by atoms with Gasteiger partial charge in [-0.15, -0.1) is 0 Å². The van der Waals surface area contributed by atoms with Crippen molar-refractivity contribution in [3.8, 4) is 0 Å². The zero-order valence-corrected chi connectivity index (χ0v) is 16.0. The molecule has 12 heteroatoms. The zero-order chi connectivity index (χ0) is 20.7. The van der Waals surface area contributed by atoms with Gasteiger partial charge in [0.25, 0.3) is 11.4 Å². The number of halogens is 5. The number of aryl methyl sites for hydroxylation is 1. The van der Waals surface area contributed by atoms with E-state index in [1.54, 1.807) is 13.0 Å². The first-order valence-electron chi connectivity index (χ1n) is 7.08. The third kappa shape index (κ3) is 4.14. The van der Waals surface area contributed by atoms with E-state index in [1.807, 2.05) is 0 Å². The third-order valence-electron chi connectivity index (χ3n) is 3.68. The molecule has 0 N–H and O–H groups in total. The molecule has 2 rings (SSSR count). The number of benzene rings is 2. The van der Waals surface area contributed by atoms with Gasteiger partial charge in [0, 0.05) is 17.6 Å². The molecule has 144 valence electrons. The van der Waals surface area contributed by atoms with Gasteiger partial charge in [0.2, 0.25) is 0 Å². The van der Waals surface area contributed by atoms with Crippen molar-refractivity contribution >= 4 is 50.3 Å². The van der Waals surface area contributed by atoms with Gasteiger partial charge in [-0.1, -0.05) is 27.5 Å². The van der Waals surface area contributed by atoms with Gasteiger partial charge in [-0.2, -0.15) is 13.2 Å². The van der Waals surface area contributed by atoms with Crippen LogP contribution in [0.1, 0.15) is 11.1 Å². The number of anilines is 2. The Morgan fingerprint density at radius 1 is 1.07 bits per heavy atom. The number of hydrogen-bond acceptors (Lipinski definition) is 5. The highest BCUT2D eigenvalue weighted by atomic mass is 79.9. The molecule has 0 atom stereocenters. The molecule has 0 heterocycles. The van der Waals surface area contributed by atoms with Crippen LogP contribution in [0, 0.1) is 27.2 Å². The Morgan fingerprint density at radius 2 is 1.67 bits per heavy atom. The minimum Gasteiger partial charge on any atom is -0.337 e. The second kappa shape index (κ2) is 7.31. The van der Waals surface area contributed by atoms with Gasteiger partial charge in [0.1, 0.15) is 5.69 Å². The molecule has 0 aliphatic carbocycles. The summed E-state index contributed by atoms with van der Waals surface area (Å²) in [5, 5.41) is 22.4. The lowest BCUT2D eigenvalue weighted by molar-refractivity contribution is -0.394.